The van der Waals surface area contributed by atoms with Gasteiger partial charge >= 0.3 is 0 Å². The van der Waals surface area contributed by atoms with Gasteiger partial charge in [-0.15, -0.1) is 0 Å². The Morgan fingerprint density at radius 3 is 2.55 bits per heavy atom. The van der Waals surface area contributed by atoms with E-state index < -0.39 is 10.0 Å². The van der Waals surface area contributed by atoms with Gasteiger partial charge in [0.2, 0.25) is 10.0 Å². The number of sulfonamides is 1. The standard InChI is InChI=1S/C13H17N3O3S/c1-3-19-11-4-6-12(7-5-11)20(17,18)15-10-13-14-8-9-16(13)2/h4-9,15H,3,10H2,1-2H3. The first-order valence-corrected chi connectivity index (χ1v) is 7.70. The number of rotatable bonds is 6. The predicted molar refractivity (Wildman–Crippen MR) is 74.8 cm³/mol. The van der Waals surface area contributed by atoms with Gasteiger partial charge in [0.1, 0.15) is 11.6 Å². The second kappa shape index (κ2) is 6.06. The van der Waals surface area contributed by atoms with Gasteiger partial charge in [0, 0.05) is 19.4 Å². The molecule has 7 heteroatoms. The van der Waals surface area contributed by atoms with Crippen molar-refractivity contribution in [1.82, 2.24) is 14.3 Å². The molecule has 0 spiro atoms. The van der Waals surface area contributed by atoms with Crippen LogP contribution in [0.25, 0.3) is 0 Å². The number of aryl methyl sites for hydroxylation is 1. The first-order chi connectivity index (χ1) is 9.53. The van der Waals surface area contributed by atoms with Gasteiger partial charge in [0.25, 0.3) is 0 Å². The number of imidazole rings is 1. The summed E-state index contributed by atoms with van der Waals surface area (Å²) in [4.78, 5) is 4.27. The molecule has 0 saturated heterocycles. The van der Waals surface area contributed by atoms with E-state index in [4.69, 9.17) is 4.74 Å². The Bertz CT molecular complexity index is 662. The molecule has 0 saturated carbocycles. The third-order valence-electron chi connectivity index (χ3n) is 2.79. The van der Waals surface area contributed by atoms with Gasteiger partial charge in [-0.2, -0.15) is 0 Å². The zero-order valence-corrected chi connectivity index (χ0v) is 12.2. The van der Waals surface area contributed by atoms with Crippen molar-refractivity contribution in [3.8, 4) is 5.75 Å². The van der Waals surface area contributed by atoms with Gasteiger partial charge in [-0.05, 0) is 31.2 Å². The predicted octanol–water partition coefficient (Wildman–Crippen LogP) is 1.30. The highest BCUT2D eigenvalue weighted by Gasteiger charge is 2.14. The van der Waals surface area contributed by atoms with Crippen molar-refractivity contribution in [2.45, 2.75) is 18.4 Å². The molecule has 2 rings (SSSR count). The number of hydrogen-bond acceptors (Lipinski definition) is 4. The molecule has 0 unspecified atom stereocenters. The molecule has 0 aliphatic carbocycles. The number of hydrogen-bond donors (Lipinski definition) is 1. The zero-order valence-electron chi connectivity index (χ0n) is 11.4. The zero-order chi connectivity index (χ0) is 14.6. The quantitative estimate of drug-likeness (QED) is 0.871. The summed E-state index contributed by atoms with van der Waals surface area (Å²) in [6.45, 7) is 2.57. The Hall–Kier alpha value is -1.86. The molecule has 0 atom stereocenters. The van der Waals surface area contributed by atoms with Crippen LogP contribution in [0.3, 0.4) is 0 Å². The second-order valence-corrected chi connectivity index (χ2v) is 5.95. The first kappa shape index (κ1) is 14.5. The van der Waals surface area contributed by atoms with Gasteiger partial charge in [-0.1, -0.05) is 0 Å². The van der Waals surface area contributed by atoms with Gasteiger partial charge < -0.3 is 9.30 Å². The fraction of sp³-hybridized carbons (Fsp3) is 0.308. The molecule has 2 aromatic rings. The fourth-order valence-corrected chi connectivity index (χ4v) is 2.67. The van der Waals surface area contributed by atoms with Crippen molar-refractivity contribution in [3.63, 3.8) is 0 Å². The molecule has 20 heavy (non-hydrogen) atoms. The lowest BCUT2D eigenvalue weighted by Crippen LogP contribution is -2.24. The average Bonchev–Trinajstić information content (AvgIpc) is 2.83. The Morgan fingerprint density at radius 1 is 1.30 bits per heavy atom. The highest BCUT2D eigenvalue weighted by Crippen LogP contribution is 2.16. The van der Waals surface area contributed by atoms with E-state index in [1.807, 2.05) is 14.0 Å². The van der Waals surface area contributed by atoms with Crippen LogP contribution in [0.15, 0.2) is 41.6 Å². The van der Waals surface area contributed by atoms with E-state index >= 15 is 0 Å². The molecule has 0 aliphatic heterocycles. The van der Waals surface area contributed by atoms with Crippen LogP contribution >= 0.6 is 0 Å². The van der Waals surface area contributed by atoms with Crippen LogP contribution in [0.4, 0.5) is 0 Å². The van der Waals surface area contributed by atoms with Crippen LogP contribution in [0.5, 0.6) is 5.75 Å². The molecule has 1 N–H and O–H groups in total. The third-order valence-corrected chi connectivity index (χ3v) is 4.20. The maximum Gasteiger partial charge on any atom is 0.240 e. The molecule has 0 aliphatic rings. The van der Waals surface area contributed by atoms with Crippen molar-refractivity contribution in [3.05, 3.63) is 42.5 Å². The highest BCUT2D eigenvalue weighted by atomic mass is 32.2. The molecule has 108 valence electrons. The van der Waals surface area contributed by atoms with Crippen molar-refractivity contribution in [1.29, 1.82) is 0 Å². The van der Waals surface area contributed by atoms with Crippen molar-refractivity contribution in [2.24, 2.45) is 7.05 Å². The molecule has 1 aromatic heterocycles. The number of nitrogens with one attached hydrogen (secondary N) is 1. The molecular weight excluding hydrogens is 278 g/mol. The Morgan fingerprint density at radius 2 is 2.00 bits per heavy atom. The van der Waals surface area contributed by atoms with Crippen molar-refractivity contribution in [2.75, 3.05) is 6.61 Å². The largest absolute Gasteiger partial charge is 0.494 e. The fourth-order valence-electron chi connectivity index (χ4n) is 1.69. The average molecular weight is 295 g/mol. The molecule has 0 fully saturated rings. The SMILES string of the molecule is CCOc1ccc(S(=O)(=O)NCc2nccn2C)cc1. The smallest absolute Gasteiger partial charge is 0.240 e. The van der Waals surface area contributed by atoms with Crippen LogP contribution in [0.1, 0.15) is 12.7 Å². The maximum absolute atomic E-state index is 12.1. The lowest BCUT2D eigenvalue weighted by Gasteiger charge is -2.08. The summed E-state index contributed by atoms with van der Waals surface area (Å²) in [5.41, 5.74) is 0. The van der Waals surface area contributed by atoms with E-state index in [9.17, 15) is 8.42 Å². The van der Waals surface area contributed by atoms with Crippen LogP contribution in [-0.4, -0.2) is 24.6 Å². The minimum absolute atomic E-state index is 0.152. The van der Waals surface area contributed by atoms with E-state index in [1.54, 1.807) is 29.1 Å². The summed E-state index contributed by atoms with van der Waals surface area (Å²) < 4.78 is 33.8. The minimum atomic E-state index is -3.54. The molecule has 1 aromatic carbocycles. The summed E-state index contributed by atoms with van der Waals surface area (Å²) in [6, 6.07) is 6.31. The monoisotopic (exact) mass is 295 g/mol. The second-order valence-electron chi connectivity index (χ2n) is 4.18. The van der Waals surface area contributed by atoms with Gasteiger partial charge in [0.15, 0.2) is 0 Å². The van der Waals surface area contributed by atoms with Crippen molar-refractivity contribution >= 4 is 10.0 Å². The van der Waals surface area contributed by atoms with Gasteiger partial charge in [-0.3, -0.25) is 0 Å². The minimum Gasteiger partial charge on any atom is -0.494 e. The van der Waals surface area contributed by atoms with Crippen LogP contribution in [0.2, 0.25) is 0 Å². The summed E-state index contributed by atoms with van der Waals surface area (Å²) in [5, 5.41) is 0. The number of ether oxygens (including phenoxy) is 1. The molecule has 0 amide bonds. The molecule has 6 nitrogen and oxygen atoms in total. The maximum atomic E-state index is 12.1. The lowest BCUT2D eigenvalue weighted by molar-refractivity contribution is 0.340. The van der Waals surface area contributed by atoms with Gasteiger partial charge in [-0.25, -0.2) is 18.1 Å². The number of benzene rings is 1. The summed E-state index contributed by atoms with van der Waals surface area (Å²) in [6.07, 6.45) is 3.39. The van der Waals surface area contributed by atoms with Crippen LogP contribution in [-0.2, 0) is 23.6 Å². The number of aromatic nitrogens is 2. The summed E-state index contributed by atoms with van der Waals surface area (Å²) in [7, 11) is -1.73. The molecular formula is C13H17N3O3S. The van der Waals surface area contributed by atoms with Crippen LogP contribution < -0.4 is 9.46 Å². The van der Waals surface area contributed by atoms with Crippen molar-refractivity contribution < 1.29 is 13.2 Å². The van der Waals surface area contributed by atoms with Crippen LogP contribution in [0, 0.1) is 0 Å². The number of nitrogens with zero attached hydrogens (tertiary/aromatic N) is 2. The third kappa shape index (κ3) is 3.37. The van der Waals surface area contributed by atoms with E-state index in [1.165, 1.54) is 12.1 Å². The normalized spacial score (nSPS) is 11.5. The Labute approximate surface area is 118 Å². The highest BCUT2D eigenvalue weighted by molar-refractivity contribution is 7.89. The van der Waals surface area contributed by atoms with E-state index in [0.29, 0.717) is 18.2 Å². The summed E-state index contributed by atoms with van der Waals surface area (Å²) >= 11 is 0. The molecule has 0 radical (unpaired) electrons. The summed E-state index contributed by atoms with van der Waals surface area (Å²) in [5.74, 6) is 1.30. The Kier molecular flexibility index (Phi) is 4.41. The first-order valence-electron chi connectivity index (χ1n) is 6.21. The van der Waals surface area contributed by atoms with E-state index in [0.717, 1.165) is 0 Å². The lowest BCUT2D eigenvalue weighted by atomic mass is 10.3. The molecule has 0 bridgehead atoms. The van der Waals surface area contributed by atoms with E-state index in [-0.39, 0.29) is 11.4 Å². The Balaban J connectivity index is 2.08. The van der Waals surface area contributed by atoms with E-state index in [2.05, 4.69) is 9.71 Å². The molecule has 1 heterocycles. The van der Waals surface area contributed by atoms with Gasteiger partial charge in [0.05, 0.1) is 18.0 Å². The topological polar surface area (TPSA) is 73.2 Å².